The van der Waals surface area contributed by atoms with Crippen LogP contribution in [-0.2, 0) is 0 Å². The lowest BCUT2D eigenvalue weighted by molar-refractivity contribution is 0.604. The molecule has 6 heteroatoms. The summed E-state index contributed by atoms with van der Waals surface area (Å²) in [6.07, 6.45) is 4.31. The molecule has 0 amide bonds. The summed E-state index contributed by atoms with van der Waals surface area (Å²) in [4.78, 5) is 12.0. The highest BCUT2D eigenvalue weighted by Gasteiger charge is 2.13. The van der Waals surface area contributed by atoms with Crippen LogP contribution in [-0.4, -0.2) is 27.3 Å². The molecule has 0 N–H and O–H groups in total. The third kappa shape index (κ3) is 2.69. The Morgan fingerprint density at radius 3 is 2.69 bits per heavy atom. The van der Waals surface area contributed by atoms with Gasteiger partial charge in [0.1, 0.15) is 5.69 Å². The number of thioether (sulfide) groups is 1. The van der Waals surface area contributed by atoms with Crippen molar-refractivity contribution in [1.29, 1.82) is 0 Å². The molecule has 5 nitrogen and oxygen atoms in total. The predicted octanol–water partition coefficient (Wildman–Crippen LogP) is 1.73. The Morgan fingerprint density at radius 1 is 1.50 bits per heavy atom. The Labute approximate surface area is 99.0 Å². The fourth-order valence-corrected chi connectivity index (χ4v) is 1.56. The van der Waals surface area contributed by atoms with E-state index in [1.807, 2.05) is 27.0 Å². The van der Waals surface area contributed by atoms with E-state index in [4.69, 9.17) is 0 Å². The van der Waals surface area contributed by atoms with Crippen molar-refractivity contribution in [2.75, 3.05) is 6.26 Å². The maximum absolute atomic E-state index is 12.0. The van der Waals surface area contributed by atoms with Crippen LogP contribution in [0.25, 0.3) is 0 Å². The van der Waals surface area contributed by atoms with Crippen LogP contribution in [0, 0.1) is 0 Å². The highest BCUT2D eigenvalue weighted by Crippen LogP contribution is 2.11. The molecule has 0 radical (unpaired) electrons. The van der Waals surface area contributed by atoms with E-state index in [1.165, 1.54) is 16.4 Å². The van der Waals surface area contributed by atoms with Gasteiger partial charge in [0, 0.05) is 12.1 Å². The van der Waals surface area contributed by atoms with E-state index in [2.05, 4.69) is 15.3 Å². The molecule has 0 aliphatic heterocycles. The first-order valence-corrected chi connectivity index (χ1v) is 6.40. The summed E-state index contributed by atoms with van der Waals surface area (Å²) in [5.41, 5.74) is 0.269. The zero-order valence-electron chi connectivity index (χ0n) is 9.97. The Hall–Kier alpha value is -1.17. The van der Waals surface area contributed by atoms with Crippen LogP contribution in [0.3, 0.4) is 0 Å². The zero-order chi connectivity index (χ0) is 12.1. The highest BCUT2D eigenvalue weighted by molar-refractivity contribution is 7.98. The molecule has 0 aliphatic rings. The predicted molar refractivity (Wildman–Crippen MR) is 66.3 cm³/mol. The van der Waals surface area contributed by atoms with E-state index in [0.717, 1.165) is 6.42 Å². The standard InChI is InChI=1S/C10H16N4OS/c1-5-6-11-14-9(15)8(7(2)3)12-13-10(14)16-4/h6-7H,5H2,1-4H3/b11-6+. The average Bonchev–Trinajstić information content (AvgIpc) is 2.26. The van der Waals surface area contributed by atoms with Crippen molar-refractivity contribution in [3.63, 3.8) is 0 Å². The lowest BCUT2D eigenvalue weighted by Crippen LogP contribution is -2.26. The molecule has 0 unspecified atom stereocenters. The second kappa shape index (κ2) is 5.79. The lowest BCUT2D eigenvalue weighted by atomic mass is 10.1. The van der Waals surface area contributed by atoms with Crippen molar-refractivity contribution >= 4 is 18.0 Å². The lowest BCUT2D eigenvalue weighted by Gasteiger charge is -2.07. The SMILES string of the molecule is CC/C=N/n1c(SC)nnc(C(C)C)c1=O. The van der Waals surface area contributed by atoms with Crippen LogP contribution in [0.5, 0.6) is 0 Å². The molecular formula is C10H16N4OS. The molecule has 0 spiro atoms. The third-order valence-electron chi connectivity index (χ3n) is 1.95. The molecule has 0 aliphatic carbocycles. The van der Waals surface area contributed by atoms with Crippen molar-refractivity contribution in [3.8, 4) is 0 Å². The Bertz CT molecular complexity index is 439. The number of hydrogen-bond donors (Lipinski definition) is 0. The normalized spacial score (nSPS) is 11.6. The van der Waals surface area contributed by atoms with Crippen molar-refractivity contribution in [3.05, 3.63) is 16.0 Å². The molecule has 1 aromatic rings. The van der Waals surface area contributed by atoms with E-state index in [-0.39, 0.29) is 11.5 Å². The van der Waals surface area contributed by atoms with Crippen molar-refractivity contribution < 1.29 is 0 Å². The van der Waals surface area contributed by atoms with Crippen LogP contribution < -0.4 is 5.56 Å². The Kier molecular flexibility index (Phi) is 4.67. The zero-order valence-corrected chi connectivity index (χ0v) is 10.8. The van der Waals surface area contributed by atoms with Gasteiger partial charge in [-0.05, 0) is 12.7 Å². The van der Waals surface area contributed by atoms with Gasteiger partial charge in [-0.2, -0.15) is 9.78 Å². The number of nitrogens with zero attached hydrogens (tertiary/aromatic N) is 4. The highest BCUT2D eigenvalue weighted by atomic mass is 32.2. The van der Waals surface area contributed by atoms with E-state index in [9.17, 15) is 4.79 Å². The van der Waals surface area contributed by atoms with Crippen LogP contribution in [0.15, 0.2) is 15.1 Å². The van der Waals surface area contributed by atoms with E-state index in [1.54, 1.807) is 6.21 Å². The van der Waals surface area contributed by atoms with Crippen molar-refractivity contribution in [2.45, 2.75) is 38.3 Å². The summed E-state index contributed by atoms with van der Waals surface area (Å²) in [6.45, 7) is 5.79. The smallest absolute Gasteiger partial charge is 0.265 e. The minimum absolute atomic E-state index is 0.0546. The largest absolute Gasteiger partial charge is 0.297 e. The fraction of sp³-hybridized carbons (Fsp3) is 0.600. The maximum Gasteiger partial charge on any atom is 0.297 e. The summed E-state index contributed by atoms with van der Waals surface area (Å²) in [5, 5.41) is 12.5. The quantitative estimate of drug-likeness (QED) is 0.594. The molecule has 0 saturated heterocycles. The first kappa shape index (κ1) is 12.9. The molecule has 0 bridgehead atoms. The molecular weight excluding hydrogens is 224 g/mol. The topological polar surface area (TPSA) is 60.1 Å². The first-order chi connectivity index (χ1) is 7.61. The molecule has 1 aromatic heterocycles. The van der Waals surface area contributed by atoms with E-state index < -0.39 is 0 Å². The molecule has 0 aromatic carbocycles. The van der Waals surface area contributed by atoms with Gasteiger partial charge >= 0.3 is 0 Å². The monoisotopic (exact) mass is 240 g/mol. The van der Waals surface area contributed by atoms with Gasteiger partial charge in [-0.3, -0.25) is 4.79 Å². The molecule has 0 saturated carbocycles. The van der Waals surface area contributed by atoms with Crippen LogP contribution in [0.1, 0.15) is 38.8 Å². The molecule has 1 rings (SSSR count). The molecule has 1 heterocycles. The molecule has 0 atom stereocenters. The summed E-state index contributed by atoms with van der Waals surface area (Å²) in [5.74, 6) is 0.0546. The van der Waals surface area contributed by atoms with Gasteiger partial charge in [-0.1, -0.05) is 32.5 Å². The number of hydrogen-bond acceptors (Lipinski definition) is 5. The van der Waals surface area contributed by atoms with Gasteiger partial charge in [0.25, 0.3) is 5.56 Å². The van der Waals surface area contributed by atoms with E-state index in [0.29, 0.717) is 10.9 Å². The first-order valence-electron chi connectivity index (χ1n) is 5.18. The average molecular weight is 240 g/mol. The minimum Gasteiger partial charge on any atom is -0.265 e. The van der Waals surface area contributed by atoms with Gasteiger partial charge in [0.2, 0.25) is 5.16 Å². The fourth-order valence-electron chi connectivity index (χ4n) is 1.13. The van der Waals surface area contributed by atoms with Gasteiger partial charge in [0.15, 0.2) is 0 Å². The second-order valence-corrected chi connectivity index (χ2v) is 4.32. The maximum atomic E-state index is 12.0. The summed E-state index contributed by atoms with van der Waals surface area (Å²) >= 11 is 1.36. The summed E-state index contributed by atoms with van der Waals surface area (Å²) in [6, 6.07) is 0. The van der Waals surface area contributed by atoms with Crippen molar-refractivity contribution in [1.82, 2.24) is 14.9 Å². The summed E-state index contributed by atoms with van der Waals surface area (Å²) < 4.78 is 1.32. The molecule has 16 heavy (non-hydrogen) atoms. The van der Waals surface area contributed by atoms with Crippen molar-refractivity contribution in [2.24, 2.45) is 5.10 Å². The molecule has 0 fully saturated rings. The van der Waals surface area contributed by atoms with Gasteiger partial charge < -0.3 is 0 Å². The van der Waals surface area contributed by atoms with Gasteiger partial charge in [-0.15, -0.1) is 10.2 Å². The van der Waals surface area contributed by atoms with Crippen LogP contribution in [0.4, 0.5) is 0 Å². The number of rotatable bonds is 4. The van der Waals surface area contributed by atoms with E-state index >= 15 is 0 Å². The Morgan fingerprint density at radius 2 is 2.19 bits per heavy atom. The molecule has 88 valence electrons. The van der Waals surface area contributed by atoms with Crippen LogP contribution >= 0.6 is 11.8 Å². The minimum atomic E-state index is -0.181. The Balaban J connectivity index is 3.35. The third-order valence-corrected chi connectivity index (χ3v) is 2.56. The van der Waals surface area contributed by atoms with Crippen LogP contribution in [0.2, 0.25) is 0 Å². The van der Waals surface area contributed by atoms with Gasteiger partial charge in [-0.25, -0.2) is 0 Å². The second-order valence-electron chi connectivity index (χ2n) is 3.55. The number of aromatic nitrogens is 3. The van der Waals surface area contributed by atoms with Gasteiger partial charge in [0.05, 0.1) is 0 Å². The summed E-state index contributed by atoms with van der Waals surface area (Å²) in [7, 11) is 0.